The first kappa shape index (κ1) is 9.77. The van der Waals surface area contributed by atoms with E-state index in [2.05, 4.69) is 42.0 Å². The molecule has 0 atom stereocenters. The highest BCUT2D eigenvalue weighted by atomic mass is 16.5. The maximum absolute atomic E-state index is 5.02. The Bertz CT molecular complexity index is 474. The van der Waals surface area contributed by atoms with Gasteiger partial charge in [0.25, 0.3) is 6.01 Å². The number of hydrogen-bond acceptors (Lipinski definition) is 2. The summed E-state index contributed by atoms with van der Waals surface area (Å²) >= 11 is 0. The van der Waals surface area contributed by atoms with Crippen LogP contribution in [0.25, 0.3) is 11.3 Å². The summed E-state index contributed by atoms with van der Waals surface area (Å²) in [6.07, 6.45) is 1.79. The van der Waals surface area contributed by atoms with Gasteiger partial charge in [-0.15, -0.1) is 0 Å². The summed E-state index contributed by atoms with van der Waals surface area (Å²) in [6, 6.07) is 6.90. The van der Waals surface area contributed by atoms with Crippen LogP contribution < -0.4 is 4.74 Å². The van der Waals surface area contributed by atoms with Gasteiger partial charge in [0.15, 0.2) is 0 Å². The van der Waals surface area contributed by atoms with E-state index < -0.39 is 0 Å². The molecule has 1 heterocycles. The number of hydrogen-bond donors (Lipinski definition) is 1. The highest BCUT2D eigenvalue weighted by Crippen LogP contribution is 2.24. The van der Waals surface area contributed by atoms with E-state index in [1.54, 1.807) is 13.3 Å². The lowest BCUT2D eigenvalue weighted by molar-refractivity contribution is 0.384. The van der Waals surface area contributed by atoms with E-state index in [0.29, 0.717) is 6.01 Å². The zero-order valence-corrected chi connectivity index (χ0v) is 9.16. The third-order valence-electron chi connectivity index (χ3n) is 2.43. The molecular formula is C12H14N2O. The summed E-state index contributed by atoms with van der Waals surface area (Å²) in [5.74, 6) is 0. The minimum absolute atomic E-state index is 0.547. The second-order valence-electron chi connectivity index (χ2n) is 3.62. The van der Waals surface area contributed by atoms with Gasteiger partial charge in [-0.1, -0.05) is 17.7 Å². The Morgan fingerprint density at radius 1 is 1.27 bits per heavy atom. The Labute approximate surface area is 89.1 Å². The number of aryl methyl sites for hydroxylation is 2. The summed E-state index contributed by atoms with van der Waals surface area (Å²) in [7, 11) is 1.60. The van der Waals surface area contributed by atoms with Gasteiger partial charge in [-0.25, -0.2) is 4.98 Å². The zero-order valence-electron chi connectivity index (χ0n) is 9.16. The smallest absolute Gasteiger partial charge is 0.293 e. The number of imidazole rings is 1. The maximum atomic E-state index is 5.02. The lowest BCUT2D eigenvalue weighted by Gasteiger charge is -2.04. The Kier molecular flexibility index (Phi) is 2.46. The van der Waals surface area contributed by atoms with Gasteiger partial charge in [-0.2, -0.15) is 0 Å². The van der Waals surface area contributed by atoms with Gasteiger partial charge >= 0.3 is 0 Å². The predicted molar refractivity (Wildman–Crippen MR) is 60.0 cm³/mol. The summed E-state index contributed by atoms with van der Waals surface area (Å²) in [4.78, 5) is 7.22. The van der Waals surface area contributed by atoms with E-state index in [-0.39, 0.29) is 0 Å². The molecule has 1 aromatic heterocycles. The van der Waals surface area contributed by atoms with Gasteiger partial charge < -0.3 is 9.72 Å². The van der Waals surface area contributed by atoms with Crippen molar-refractivity contribution in [1.82, 2.24) is 9.97 Å². The summed E-state index contributed by atoms with van der Waals surface area (Å²) in [5.41, 5.74) is 4.63. The molecule has 78 valence electrons. The molecule has 3 heteroatoms. The lowest BCUT2D eigenvalue weighted by atomic mass is 10.0. The monoisotopic (exact) mass is 202 g/mol. The molecule has 0 aliphatic rings. The molecular weight excluding hydrogens is 188 g/mol. The summed E-state index contributed by atoms with van der Waals surface area (Å²) < 4.78 is 5.02. The van der Waals surface area contributed by atoms with Crippen LogP contribution in [0.3, 0.4) is 0 Å². The second kappa shape index (κ2) is 3.77. The first-order valence-electron chi connectivity index (χ1n) is 4.87. The van der Waals surface area contributed by atoms with Crippen molar-refractivity contribution in [3.8, 4) is 17.3 Å². The number of H-pyrrole nitrogens is 1. The van der Waals surface area contributed by atoms with Gasteiger partial charge in [-0.3, -0.25) is 0 Å². The Hall–Kier alpha value is -1.77. The number of rotatable bonds is 2. The Morgan fingerprint density at radius 2 is 2.07 bits per heavy atom. The van der Waals surface area contributed by atoms with Crippen LogP contribution in [-0.2, 0) is 0 Å². The standard InChI is InChI=1S/C12H14N2O/c1-8-4-5-9(2)10(6-8)11-7-13-12(14-11)15-3/h4-7H,1-3H3,(H,13,14). The summed E-state index contributed by atoms with van der Waals surface area (Å²) in [5, 5.41) is 0. The fraction of sp³-hybridized carbons (Fsp3) is 0.250. The van der Waals surface area contributed by atoms with Crippen LogP contribution in [0, 0.1) is 13.8 Å². The molecule has 0 spiro atoms. The average Bonchev–Trinajstić information content (AvgIpc) is 2.70. The van der Waals surface area contributed by atoms with Crippen LogP contribution in [0.2, 0.25) is 0 Å². The van der Waals surface area contributed by atoms with Crippen LogP contribution in [0.4, 0.5) is 0 Å². The number of nitrogens with one attached hydrogen (secondary N) is 1. The third kappa shape index (κ3) is 1.86. The van der Waals surface area contributed by atoms with Gasteiger partial charge in [0, 0.05) is 5.56 Å². The van der Waals surface area contributed by atoms with Crippen LogP contribution in [0.1, 0.15) is 11.1 Å². The molecule has 0 aliphatic carbocycles. The maximum Gasteiger partial charge on any atom is 0.293 e. The van der Waals surface area contributed by atoms with Crippen LogP contribution in [0.15, 0.2) is 24.4 Å². The number of benzene rings is 1. The fourth-order valence-corrected chi connectivity index (χ4v) is 1.57. The molecule has 15 heavy (non-hydrogen) atoms. The van der Waals surface area contributed by atoms with Gasteiger partial charge in [0.2, 0.25) is 0 Å². The summed E-state index contributed by atoms with van der Waals surface area (Å²) in [6.45, 7) is 4.17. The van der Waals surface area contributed by atoms with Crippen molar-refractivity contribution >= 4 is 0 Å². The van der Waals surface area contributed by atoms with E-state index >= 15 is 0 Å². The molecule has 2 rings (SSSR count). The van der Waals surface area contributed by atoms with Gasteiger partial charge in [0.1, 0.15) is 0 Å². The number of aromatic amines is 1. The van der Waals surface area contributed by atoms with Crippen molar-refractivity contribution in [3.05, 3.63) is 35.5 Å². The molecule has 1 aromatic carbocycles. The van der Waals surface area contributed by atoms with Crippen molar-refractivity contribution in [2.45, 2.75) is 13.8 Å². The second-order valence-corrected chi connectivity index (χ2v) is 3.62. The van der Waals surface area contributed by atoms with Crippen LogP contribution in [0.5, 0.6) is 6.01 Å². The number of aromatic nitrogens is 2. The van der Waals surface area contributed by atoms with Gasteiger partial charge in [0.05, 0.1) is 19.0 Å². The largest absolute Gasteiger partial charge is 0.468 e. The van der Waals surface area contributed by atoms with Crippen molar-refractivity contribution in [1.29, 1.82) is 0 Å². The zero-order chi connectivity index (χ0) is 10.8. The van der Waals surface area contributed by atoms with E-state index in [0.717, 1.165) is 5.69 Å². The molecule has 3 nitrogen and oxygen atoms in total. The van der Waals surface area contributed by atoms with Crippen molar-refractivity contribution < 1.29 is 4.74 Å². The first-order valence-corrected chi connectivity index (χ1v) is 4.87. The van der Waals surface area contributed by atoms with E-state index in [1.165, 1.54) is 16.7 Å². The fourth-order valence-electron chi connectivity index (χ4n) is 1.57. The molecule has 0 fully saturated rings. The lowest BCUT2D eigenvalue weighted by Crippen LogP contribution is -1.86. The van der Waals surface area contributed by atoms with Crippen molar-refractivity contribution in [3.63, 3.8) is 0 Å². The normalized spacial score (nSPS) is 10.3. The SMILES string of the molecule is COc1ncc(-c2cc(C)ccc2C)[nH]1. The minimum atomic E-state index is 0.547. The van der Waals surface area contributed by atoms with E-state index in [4.69, 9.17) is 4.74 Å². The quantitative estimate of drug-likeness (QED) is 0.813. The average molecular weight is 202 g/mol. The molecule has 2 aromatic rings. The van der Waals surface area contributed by atoms with Gasteiger partial charge in [-0.05, 0) is 25.5 Å². The molecule has 1 N–H and O–H groups in total. The molecule has 0 bridgehead atoms. The number of methoxy groups -OCH3 is 1. The molecule has 0 aliphatic heterocycles. The number of nitrogens with zero attached hydrogens (tertiary/aromatic N) is 1. The predicted octanol–water partition coefficient (Wildman–Crippen LogP) is 2.70. The molecule has 0 amide bonds. The minimum Gasteiger partial charge on any atom is -0.468 e. The molecule has 0 radical (unpaired) electrons. The Balaban J connectivity index is 2.48. The molecule has 0 saturated carbocycles. The van der Waals surface area contributed by atoms with Crippen LogP contribution in [-0.4, -0.2) is 17.1 Å². The highest BCUT2D eigenvalue weighted by Gasteiger charge is 2.05. The molecule has 0 saturated heterocycles. The Morgan fingerprint density at radius 3 is 2.73 bits per heavy atom. The van der Waals surface area contributed by atoms with E-state index in [9.17, 15) is 0 Å². The highest BCUT2D eigenvalue weighted by molar-refractivity contribution is 5.64. The topological polar surface area (TPSA) is 37.9 Å². The molecule has 0 unspecified atom stereocenters. The van der Waals surface area contributed by atoms with Crippen molar-refractivity contribution in [2.24, 2.45) is 0 Å². The number of ether oxygens (including phenoxy) is 1. The van der Waals surface area contributed by atoms with Crippen molar-refractivity contribution in [2.75, 3.05) is 7.11 Å². The third-order valence-corrected chi connectivity index (χ3v) is 2.43. The van der Waals surface area contributed by atoms with E-state index in [1.807, 2.05) is 0 Å². The van der Waals surface area contributed by atoms with Crippen LogP contribution >= 0.6 is 0 Å². The first-order chi connectivity index (χ1) is 7.20.